The molecule has 1 aromatic carbocycles. The molecule has 3 N–H and O–H groups in total. The van der Waals surface area contributed by atoms with Crippen molar-refractivity contribution in [1.29, 1.82) is 0 Å². The molecule has 2 rings (SSSR count). The smallest absolute Gasteiger partial charge is 0.321 e. The fraction of sp³-hybridized carbons (Fsp3) is 0.533. The van der Waals surface area contributed by atoms with Crippen molar-refractivity contribution < 1.29 is 4.79 Å². The summed E-state index contributed by atoms with van der Waals surface area (Å²) < 4.78 is 0. The van der Waals surface area contributed by atoms with Gasteiger partial charge in [-0.05, 0) is 37.6 Å². The van der Waals surface area contributed by atoms with E-state index in [0.717, 1.165) is 38.3 Å². The Morgan fingerprint density at radius 1 is 1.25 bits per heavy atom. The first-order valence-electron chi connectivity index (χ1n) is 7.25. The molecule has 1 aromatic rings. The summed E-state index contributed by atoms with van der Waals surface area (Å²) in [5, 5.41) is 2.91. The average Bonchev–Trinajstić information content (AvgIpc) is 2.49. The molecule has 1 atom stereocenters. The SMILES string of the molecule is CCC(C)N1CCN(C(=O)Nc2ccc(N)cc2)CC1. The number of hydrogen-bond donors (Lipinski definition) is 2. The summed E-state index contributed by atoms with van der Waals surface area (Å²) in [6.07, 6.45) is 1.15. The van der Waals surface area contributed by atoms with Crippen molar-refractivity contribution in [3.63, 3.8) is 0 Å². The standard InChI is InChI=1S/C15H24N4O/c1-3-12(2)18-8-10-19(11-9-18)15(20)17-14-6-4-13(16)5-7-14/h4-7,12H,3,8-11,16H2,1-2H3,(H,17,20). The van der Waals surface area contributed by atoms with Crippen LogP contribution in [0.3, 0.4) is 0 Å². The van der Waals surface area contributed by atoms with Crippen LogP contribution >= 0.6 is 0 Å². The molecule has 20 heavy (non-hydrogen) atoms. The van der Waals surface area contributed by atoms with Crippen LogP contribution in [0.15, 0.2) is 24.3 Å². The number of anilines is 2. The minimum Gasteiger partial charge on any atom is -0.399 e. The second-order valence-corrected chi connectivity index (χ2v) is 5.33. The van der Waals surface area contributed by atoms with Gasteiger partial charge < -0.3 is 16.0 Å². The number of hydrogen-bond acceptors (Lipinski definition) is 3. The van der Waals surface area contributed by atoms with Gasteiger partial charge in [0.2, 0.25) is 0 Å². The first-order chi connectivity index (χ1) is 9.60. The van der Waals surface area contributed by atoms with E-state index >= 15 is 0 Å². The lowest BCUT2D eigenvalue weighted by molar-refractivity contribution is 0.117. The third kappa shape index (κ3) is 3.63. The number of amides is 2. The van der Waals surface area contributed by atoms with Gasteiger partial charge in [0.15, 0.2) is 0 Å². The molecule has 5 nitrogen and oxygen atoms in total. The number of nitrogens with zero attached hydrogens (tertiary/aromatic N) is 2. The van der Waals surface area contributed by atoms with Crippen molar-refractivity contribution in [2.75, 3.05) is 37.2 Å². The van der Waals surface area contributed by atoms with Gasteiger partial charge in [0, 0.05) is 43.6 Å². The minimum atomic E-state index is -0.0291. The van der Waals surface area contributed by atoms with Gasteiger partial charge in [-0.1, -0.05) is 6.92 Å². The third-order valence-electron chi connectivity index (χ3n) is 3.98. The maximum absolute atomic E-state index is 12.2. The minimum absolute atomic E-state index is 0.0291. The molecule has 0 spiro atoms. The first kappa shape index (κ1) is 14.7. The summed E-state index contributed by atoms with van der Waals surface area (Å²) in [5.74, 6) is 0. The van der Waals surface area contributed by atoms with Crippen LogP contribution in [-0.2, 0) is 0 Å². The van der Waals surface area contributed by atoms with Gasteiger partial charge >= 0.3 is 6.03 Å². The van der Waals surface area contributed by atoms with E-state index in [-0.39, 0.29) is 6.03 Å². The van der Waals surface area contributed by atoms with E-state index in [2.05, 4.69) is 24.1 Å². The summed E-state index contributed by atoms with van der Waals surface area (Å²) in [5.41, 5.74) is 7.11. The zero-order valence-corrected chi connectivity index (χ0v) is 12.3. The number of nitrogens with two attached hydrogens (primary N) is 1. The Labute approximate surface area is 120 Å². The molecular weight excluding hydrogens is 252 g/mol. The quantitative estimate of drug-likeness (QED) is 0.832. The Hall–Kier alpha value is -1.75. The Kier molecular flexibility index (Phi) is 4.84. The van der Waals surface area contributed by atoms with Gasteiger partial charge in [-0.2, -0.15) is 0 Å². The van der Waals surface area contributed by atoms with Gasteiger partial charge in [0.1, 0.15) is 0 Å². The molecule has 1 unspecified atom stereocenters. The Balaban J connectivity index is 1.84. The second-order valence-electron chi connectivity index (χ2n) is 5.33. The molecule has 0 saturated carbocycles. The van der Waals surface area contributed by atoms with Crippen molar-refractivity contribution in [3.8, 4) is 0 Å². The summed E-state index contributed by atoms with van der Waals surface area (Å²) in [6.45, 7) is 7.90. The monoisotopic (exact) mass is 276 g/mol. The van der Waals surface area contributed by atoms with Gasteiger partial charge in [-0.3, -0.25) is 4.90 Å². The van der Waals surface area contributed by atoms with E-state index in [9.17, 15) is 4.79 Å². The second kappa shape index (κ2) is 6.61. The molecule has 0 radical (unpaired) electrons. The normalized spacial score (nSPS) is 17.8. The van der Waals surface area contributed by atoms with Crippen molar-refractivity contribution in [1.82, 2.24) is 9.80 Å². The highest BCUT2D eigenvalue weighted by Crippen LogP contribution is 2.13. The summed E-state index contributed by atoms with van der Waals surface area (Å²) >= 11 is 0. The average molecular weight is 276 g/mol. The highest BCUT2D eigenvalue weighted by Gasteiger charge is 2.23. The van der Waals surface area contributed by atoms with Crippen LogP contribution in [0.5, 0.6) is 0 Å². The molecule has 110 valence electrons. The zero-order chi connectivity index (χ0) is 14.5. The zero-order valence-electron chi connectivity index (χ0n) is 12.3. The summed E-state index contributed by atoms with van der Waals surface area (Å²) in [6, 6.07) is 7.79. The fourth-order valence-corrected chi connectivity index (χ4v) is 2.39. The van der Waals surface area contributed by atoms with Gasteiger partial charge in [0.05, 0.1) is 0 Å². The number of nitrogen functional groups attached to an aromatic ring is 1. The predicted molar refractivity (Wildman–Crippen MR) is 82.8 cm³/mol. The molecule has 1 saturated heterocycles. The van der Waals surface area contributed by atoms with E-state index < -0.39 is 0 Å². The Morgan fingerprint density at radius 3 is 2.40 bits per heavy atom. The van der Waals surface area contributed by atoms with Crippen molar-refractivity contribution in [2.45, 2.75) is 26.3 Å². The lowest BCUT2D eigenvalue weighted by atomic mass is 10.2. The van der Waals surface area contributed by atoms with Crippen molar-refractivity contribution in [2.24, 2.45) is 0 Å². The highest BCUT2D eigenvalue weighted by atomic mass is 16.2. The molecule has 0 bridgehead atoms. The van der Waals surface area contributed by atoms with E-state index in [1.54, 1.807) is 12.1 Å². The van der Waals surface area contributed by atoms with Gasteiger partial charge in [0.25, 0.3) is 0 Å². The number of nitrogens with one attached hydrogen (secondary N) is 1. The number of benzene rings is 1. The molecule has 2 amide bonds. The van der Waals surface area contributed by atoms with Crippen LogP contribution in [0.4, 0.5) is 16.2 Å². The maximum atomic E-state index is 12.2. The molecule has 1 aliphatic heterocycles. The Bertz CT molecular complexity index is 438. The lowest BCUT2D eigenvalue weighted by Gasteiger charge is -2.37. The molecule has 0 aromatic heterocycles. The van der Waals surface area contributed by atoms with Crippen LogP contribution in [0.1, 0.15) is 20.3 Å². The van der Waals surface area contributed by atoms with Crippen LogP contribution < -0.4 is 11.1 Å². The fourth-order valence-electron chi connectivity index (χ4n) is 2.39. The predicted octanol–water partition coefficient (Wildman–Crippen LogP) is 2.22. The summed E-state index contributed by atoms with van der Waals surface area (Å²) in [7, 11) is 0. The molecule has 1 heterocycles. The van der Waals surface area contributed by atoms with Crippen LogP contribution in [0.2, 0.25) is 0 Å². The van der Waals surface area contributed by atoms with Gasteiger partial charge in [-0.25, -0.2) is 4.79 Å². The van der Waals surface area contributed by atoms with E-state index in [1.165, 1.54) is 0 Å². The summed E-state index contributed by atoms with van der Waals surface area (Å²) in [4.78, 5) is 16.5. The van der Waals surface area contributed by atoms with E-state index in [4.69, 9.17) is 5.73 Å². The third-order valence-corrected chi connectivity index (χ3v) is 3.98. The van der Waals surface area contributed by atoms with Gasteiger partial charge in [-0.15, -0.1) is 0 Å². The topological polar surface area (TPSA) is 61.6 Å². The van der Waals surface area contributed by atoms with Crippen LogP contribution in [0, 0.1) is 0 Å². The van der Waals surface area contributed by atoms with Crippen LogP contribution in [0.25, 0.3) is 0 Å². The van der Waals surface area contributed by atoms with Crippen LogP contribution in [-0.4, -0.2) is 48.1 Å². The highest BCUT2D eigenvalue weighted by molar-refractivity contribution is 5.89. The molecule has 0 aliphatic carbocycles. The number of carbonyl (C=O) groups is 1. The largest absolute Gasteiger partial charge is 0.399 e. The van der Waals surface area contributed by atoms with Crippen molar-refractivity contribution in [3.05, 3.63) is 24.3 Å². The maximum Gasteiger partial charge on any atom is 0.321 e. The first-order valence-corrected chi connectivity index (χ1v) is 7.25. The number of rotatable bonds is 3. The molecule has 5 heteroatoms. The molecule has 1 fully saturated rings. The number of piperazine rings is 1. The van der Waals surface area contributed by atoms with E-state index in [0.29, 0.717) is 11.7 Å². The molecular formula is C15H24N4O. The lowest BCUT2D eigenvalue weighted by Crippen LogP contribution is -2.52. The van der Waals surface area contributed by atoms with Crippen molar-refractivity contribution >= 4 is 17.4 Å². The molecule has 1 aliphatic rings. The number of carbonyl (C=O) groups excluding carboxylic acids is 1. The van der Waals surface area contributed by atoms with E-state index in [1.807, 2.05) is 17.0 Å². The Morgan fingerprint density at radius 2 is 1.85 bits per heavy atom. The number of urea groups is 1.